The molecule has 27 heavy (non-hydrogen) atoms. The fourth-order valence-corrected chi connectivity index (χ4v) is 3.92. The summed E-state index contributed by atoms with van der Waals surface area (Å²) in [5, 5.41) is 0. The summed E-state index contributed by atoms with van der Waals surface area (Å²) in [5.41, 5.74) is -0.899. The average Bonchev–Trinajstić information content (AvgIpc) is 2.82. The number of nitrogens with one attached hydrogen (secondary N) is 1. The Kier molecular flexibility index (Phi) is 4.47. The summed E-state index contributed by atoms with van der Waals surface area (Å²) in [7, 11) is -1.90. The highest BCUT2D eigenvalue weighted by molar-refractivity contribution is 6.48. The van der Waals surface area contributed by atoms with Gasteiger partial charge in [0.15, 0.2) is 9.04 Å². The van der Waals surface area contributed by atoms with E-state index < -0.39 is 38.0 Å². The third-order valence-electron chi connectivity index (χ3n) is 4.29. The molecule has 1 aliphatic rings. The maximum Gasteiger partial charge on any atom is 0.342 e. The number of H-pyrrole nitrogens is 1. The predicted molar refractivity (Wildman–Crippen MR) is 98.9 cm³/mol. The molecule has 3 rings (SSSR count). The van der Waals surface area contributed by atoms with E-state index in [0.717, 1.165) is 10.1 Å². The summed E-state index contributed by atoms with van der Waals surface area (Å²) < 4.78 is 26.3. The third kappa shape index (κ3) is 3.17. The summed E-state index contributed by atoms with van der Waals surface area (Å²) in [6.07, 6.45) is 0.712. The van der Waals surface area contributed by atoms with Gasteiger partial charge in [-0.15, -0.1) is 0 Å². The standard InChI is InChI=1S/C18H21FN2O5Si/c1-17(2,3)10-6-7-11-12(8-10)18(25-15(11)23,26-27(4)5)21-9-13(19)14(22)20-16(21)24/h6-9,27H,1-5H3,(H,20,22,24). The second kappa shape index (κ2) is 6.27. The van der Waals surface area contributed by atoms with E-state index in [9.17, 15) is 18.8 Å². The predicted octanol–water partition coefficient (Wildman–Crippen LogP) is 1.80. The van der Waals surface area contributed by atoms with Crippen molar-refractivity contribution in [3.05, 3.63) is 67.7 Å². The van der Waals surface area contributed by atoms with Crippen LogP contribution >= 0.6 is 0 Å². The molecule has 9 heteroatoms. The minimum absolute atomic E-state index is 0.233. The van der Waals surface area contributed by atoms with E-state index in [1.165, 1.54) is 0 Å². The number of carbonyl (C=O) groups is 1. The van der Waals surface area contributed by atoms with E-state index >= 15 is 0 Å². The number of benzene rings is 1. The molecule has 1 aromatic heterocycles. The van der Waals surface area contributed by atoms with Crippen LogP contribution in [0.4, 0.5) is 4.39 Å². The molecular weight excluding hydrogens is 371 g/mol. The highest BCUT2D eigenvalue weighted by Crippen LogP contribution is 2.40. The van der Waals surface area contributed by atoms with Gasteiger partial charge in [-0.05, 0) is 36.2 Å². The van der Waals surface area contributed by atoms with Crippen molar-refractivity contribution < 1.29 is 18.3 Å². The molecule has 0 saturated heterocycles. The first-order valence-electron chi connectivity index (χ1n) is 8.54. The Hall–Kier alpha value is -2.52. The van der Waals surface area contributed by atoms with Gasteiger partial charge in [-0.3, -0.25) is 9.78 Å². The van der Waals surface area contributed by atoms with Crippen LogP contribution in [0, 0.1) is 5.82 Å². The molecule has 2 aromatic rings. The quantitative estimate of drug-likeness (QED) is 0.635. The highest BCUT2D eigenvalue weighted by Gasteiger charge is 2.50. The van der Waals surface area contributed by atoms with Crippen molar-refractivity contribution in [3.63, 3.8) is 0 Å². The number of fused-ring (bicyclic) bond motifs is 1. The van der Waals surface area contributed by atoms with Gasteiger partial charge in [0.05, 0.1) is 17.3 Å². The number of aromatic amines is 1. The lowest BCUT2D eigenvalue weighted by molar-refractivity contribution is -0.169. The molecule has 144 valence electrons. The highest BCUT2D eigenvalue weighted by atomic mass is 28.3. The molecule has 0 radical (unpaired) electrons. The van der Waals surface area contributed by atoms with Crippen LogP contribution in [0.2, 0.25) is 13.1 Å². The summed E-state index contributed by atoms with van der Waals surface area (Å²) in [6, 6.07) is 5.14. The van der Waals surface area contributed by atoms with Gasteiger partial charge in [0, 0.05) is 0 Å². The SMILES string of the molecule is C[SiH](C)OC1(n2cc(F)c(=O)[nH]c2=O)OC(=O)c2ccc(C(C)(C)C)cc21. The Morgan fingerprint density at radius 1 is 1.22 bits per heavy atom. The van der Waals surface area contributed by atoms with Crippen molar-refractivity contribution in [2.75, 3.05) is 0 Å². The van der Waals surface area contributed by atoms with E-state index in [1.807, 2.05) is 38.8 Å². The molecule has 0 saturated carbocycles. The first-order valence-corrected chi connectivity index (χ1v) is 11.3. The van der Waals surface area contributed by atoms with Crippen molar-refractivity contribution in [1.82, 2.24) is 9.55 Å². The smallest absolute Gasteiger partial charge is 0.342 e. The number of rotatable bonds is 3. The van der Waals surface area contributed by atoms with Gasteiger partial charge in [-0.1, -0.05) is 26.8 Å². The van der Waals surface area contributed by atoms with Gasteiger partial charge < -0.3 is 9.16 Å². The van der Waals surface area contributed by atoms with Gasteiger partial charge in [0.1, 0.15) is 0 Å². The molecule has 1 aromatic carbocycles. The second-order valence-corrected chi connectivity index (χ2v) is 10.1. The number of aromatic nitrogens is 2. The van der Waals surface area contributed by atoms with Crippen LogP contribution in [0.25, 0.3) is 0 Å². The van der Waals surface area contributed by atoms with Gasteiger partial charge in [-0.25, -0.2) is 14.2 Å². The van der Waals surface area contributed by atoms with E-state index in [-0.39, 0.29) is 11.0 Å². The number of hydrogen-bond donors (Lipinski definition) is 1. The van der Waals surface area contributed by atoms with Crippen LogP contribution < -0.4 is 11.2 Å². The number of halogens is 1. The summed E-state index contributed by atoms with van der Waals surface area (Å²) in [4.78, 5) is 38.3. The summed E-state index contributed by atoms with van der Waals surface area (Å²) >= 11 is 0. The first-order chi connectivity index (χ1) is 12.5. The molecule has 1 N–H and O–H groups in total. The first kappa shape index (κ1) is 19.2. The zero-order chi connectivity index (χ0) is 20.1. The van der Waals surface area contributed by atoms with Crippen molar-refractivity contribution >= 4 is 15.0 Å². The van der Waals surface area contributed by atoms with Gasteiger partial charge in [-0.2, -0.15) is 4.39 Å². The summed E-state index contributed by atoms with van der Waals surface area (Å²) in [6.45, 7) is 9.65. The number of nitrogens with zero attached hydrogens (tertiary/aromatic N) is 1. The molecule has 0 spiro atoms. The summed E-state index contributed by atoms with van der Waals surface area (Å²) in [5.74, 6) is -3.81. The fraction of sp³-hybridized carbons (Fsp3) is 0.389. The third-order valence-corrected chi connectivity index (χ3v) is 5.08. The lowest BCUT2D eigenvalue weighted by Crippen LogP contribution is -2.49. The topological polar surface area (TPSA) is 90.4 Å². The Morgan fingerprint density at radius 2 is 1.89 bits per heavy atom. The number of ether oxygens (including phenoxy) is 1. The molecule has 0 amide bonds. The van der Waals surface area contributed by atoms with E-state index in [0.29, 0.717) is 11.8 Å². The number of hydrogen-bond acceptors (Lipinski definition) is 5. The monoisotopic (exact) mass is 392 g/mol. The largest absolute Gasteiger partial charge is 0.406 e. The number of esters is 1. The van der Waals surface area contributed by atoms with E-state index in [4.69, 9.17) is 9.16 Å². The van der Waals surface area contributed by atoms with Crippen molar-refractivity contribution in [3.8, 4) is 0 Å². The van der Waals surface area contributed by atoms with Crippen molar-refractivity contribution in [2.45, 2.75) is 45.2 Å². The van der Waals surface area contributed by atoms with Crippen molar-refractivity contribution in [1.29, 1.82) is 0 Å². The minimum Gasteiger partial charge on any atom is -0.406 e. The van der Waals surface area contributed by atoms with Crippen LogP contribution in [0.3, 0.4) is 0 Å². The minimum atomic E-state index is -1.95. The zero-order valence-corrected chi connectivity index (χ0v) is 16.9. The molecule has 7 nitrogen and oxygen atoms in total. The van der Waals surface area contributed by atoms with Gasteiger partial charge in [0.2, 0.25) is 5.82 Å². The Labute approximate surface area is 156 Å². The molecule has 1 aliphatic heterocycles. The Balaban J connectivity index is 2.36. The number of carbonyl (C=O) groups excluding carboxylic acids is 1. The molecule has 1 atom stereocenters. The van der Waals surface area contributed by atoms with E-state index in [1.54, 1.807) is 18.2 Å². The van der Waals surface area contributed by atoms with Gasteiger partial charge >= 0.3 is 17.6 Å². The maximum absolute atomic E-state index is 14.0. The van der Waals surface area contributed by atoms with Gasteiger partial charge in [0.25, 0.3) is 5.56 Å². The second-order valence-electron chi connectivity index (χ2n) is 7.75. The maximum atomic E-state index is 14.0. The van der Waals surface area contributed by atoms with E-state index in [2.05, 4.69) is 0 Å². The van der Waals surface area contributed by atoms with Crippen LogP contribution in [-0.4, -0.2) is 24.6 Å². The number of cyclic esters (lactones) is 1. The lowest BCUT2D eigenvalue weighted by Gasteiger charge is -2.32. The van der Waals surface area contributed by atoms with Crippen LogP contribution in [-0.2, 0) is 20.5 Å². The zero-order valence-electron chi connectivity index (χ0n) is 15.8. The molecule has 0 bridgehead atoms. The van der Waals surface area contributed by atoms with Crippen molar-refractivity contribution in [2.24, 2.45) is 0 Å². The average molecular weight is 392 g/mol. The fourth-order valence-electron chi connectivity index (χ4n) is 2.99. The molecule has 1 unspecified atom stereocenters. The van der Waals surface area contributed by atoms with Crippen LogP contribution in [0.5, 0.6) is 0 Å². The molecular formula is C18H21FN2O5Si. The van der Waals surface area contributed by atoms with Crippen LogP contribution in [0.1, 0.15) is 42.3 Å². The molecule has 2 heterocycles. The molecule has 0 aliphatic carbocycles. The Bertz CT molecular complexity index is 1040. The normalized spacial score (nSPS) is 19.3. The molecule has 0 fully saturated rings. The van der Waals surface area contributed by atoms with Crippen LogP contribution in [0.15, 0.2) is 34.0 Å². The lowest BCUT2D eigenvalue weighted by atomic mass is 9.85. The Morgan fingerprint density at radius 3 is 2.48 bits per heavy atom.